The molecule has 0 aromatic rings. The van der Waals surface area contributed by atoms with Crippen LogP contribution in [0.15, 0.2) is 0 Å². The lowest BCUT2D eigenvalue weighted by Gasteiger charge is -2.45. The van der Waals surface area contributed by atoms with E-state index in [1.807, 2.05) is 4.90 Å². The van der Waals surface area contributed by atoms with Crippen molar-refractivity contribution in [3.63, 3.8) is 0 Å². The normalized spacial score (nSPS) is 22.9. The predicted octanol–water partition coefficient (Wildman–Crippen LogP) is 1.52. The maximum Gasteiger partial charge on any atom is 0.306 e. The summed E-state index contributed by atoms with van der Waals surface area (Å²) in [7, 11) is 1.66. The largest absolute Gasteiger partial charge is 0.481 e. The zero-order chi connectivity index (χ0) is 13.9. The average Bonchev–Trinajstić information content (AvgIpc) is 2.37. The van der Waals surface area contributed by atoms with Crippen LogP contribution < -0.4 is 0 Å². The van der Waals surface area contributed by atoms with Crippen LogP contribution in [0.1, 0.15) is 38.5 Å². The fourth-order valence-electron chi connectivity index (χ4n) is 3.14. The Morgan fingerprint density at radius 2 is 1.95 bits per heavy atom. The Kier molecular flexibility index (Phi) is 4.45. The number of piperidine rings is 1. The third kappa shape index (κ3) is 2.91. The number of rotatable bonds is 5. The number of methoxy groups -OCH3 is 1. The maximum absolute atomic E-state index is 12.6. The van der Waals surface area contributed by atoms with Gasteiger partial charge in [-0.2, -0.15) is 0 Å². The standard InChI is InChI=1S/C14H23NO4/c1-19-10-7-14(5-2-6-14)13(18)15-8-3-11(4-9-15)12(16)17/h11H,2-10H2,1H3,(H,16,17). The van der Waals surface area contributed by atoms with Crippen molar-refractivity contribution < 1.29 is 19.4 Å². The fourth-order valence-corrected chi connectivity index (χ4v) is 3.14. The van der Waals surface area contributed by atoms with Crippen molar-refractivity contribution in [3.8, 4) is 0 Å². The molecule has 0 bridgehead atoms. The van der Waals surface area contributed by atoms with E-state index in [4.69, 9.17) is 9.84 Å². The van der Waals surface area contributed by atoms with E-state index < -0.39 is 5.97 Å². The number of hydrogen-bond acceptors (Lipinski definition) is 3. The van der Waals surface area contributed by atoms with Gasteiger partial charge in [-0.25, -0.2) is 0 Å². The first-order valence-electron chi connectivity index (χ1n) is 7.10. The third-order valence-corrected chi connectivity index (χ3v) is 4.68. The minimum absolute atomic E-state index is 0.216. The number of carbonyl (C=O) groups excluding carboxylic acids is 1. The van der Waals surface area contributed by atoms with Crippen molar-refractivity contribution in [2.75, 3.05) is 26.8 Å². The third-order valence-electron chi connectivity index (χ3n) is 4.68. The summed E-state index contributed by atoms with van der Waals surface area (Å²) in [4.78, 5) is 25.4. The summed E-state index contributed by atoms with van der Waals surface area (Å²) in [5.74, 6) is -0.787. The summed E-state index contributed by atoms with van der Waals surface area (Å²) >= 11 is 0. The number of aliphatic carboxylic acids is 1. The maximum atomic E-state index is 12.6. The molecule has 5 nitrogen and oxygen atoms in total. The Morgan fingerprint density at radius 1 is 1.32 bits per heavy atom. The van der Waals surface area contributed by atoms with Gasteiger partial charge in [0.2, 0.25) is 5.91 Å². The first-order chi connectivity index (χ1) is 9.09. The lowest BCUT2D eigenvalue weighted by atomic mass is 9.65. The lowest BCUT2D eigenvalue weighted by molar-refractivity contribution is -0.154. The molecule has 1 aliphatic heterocycles. The predicted molar refractivity (Wildman–Crippen MR) is 69.7 cm³/mol. The first kappa shape index (κ1) is 14.3. The second-order valence-electron chi connectivity index (χ2n) is 5.78. The summed E-state index contributed by atoms with van der Waals surface area (Å²) in [5, 5.41) is 8.98. The van der Waals surface area contributed by atoms with Crippen molar-refractivity contribution in [1.29, 1.82) is 0 Å². The van der Waals surface area contributed by atoms with Crippen molar-refractivity contribution in [2.24, 2.45) is 11.3 Å². The first-order valence-corrected chi connectivity index (χ1v) is 7.10. The van der Waals surface area contributed by atoms with Crippen LogP contribution in [0.3, 0.4) is 0 Å². The molecule has 1 heterocycles. The van der Waals surface area contributed by atoms with E-state index >= 15 is 0 Å². The topological polar surface area (TPSA) is 66.8 Å². The Morgan fingerprint density at radius 3 is 2.37 bits per heavy atom. The van der Waals surface area contributed by atoms with E-state index in [0.29, 0.717) is 32.5 Å². The molecule has 0 atom stereocenters. The van der Waals surface area contributed by atoms with Crippen molar-refractivity contribution >= 4 is 11.9 Å². The number of nitrogens with zero attached hydrogens (tertiary/aromatic N) is 1. The number of carboxylic acid groups (broad SMARTS) is 1. The van der Waals surface area contributed by atoms with E-state index in [9.17, 15) is 9.59 Å². The highest BCUT2D eigenvalue weighted by Crippen LogP contribution is 2.45. The average molecular weight is 269 g/mol. The molecule has 2 aliphatic rings. The summed E-state index contributed by atoms with van der Waals surface area (Å²) in [5.41, 5.74) is -0.216. The number of carboxylic acids is 1. The van der Waals surface area contributed by atoms with E-state index in [1.54, 1.807) is 7.11 Å². The monoisotopic (exact) mass is 269 g/mol. The highest BCUT2D eigenvalue weighted by atomic mass is 16.5. The van der Waals surface area contributed by atoms with Crippen molar-refractivity contribution in [3.05, 3.63) is 0 Å². The molecule has 19 heavy (non-hydrogen) atoms. The molecule has 1 aliphatic carbocycles. The smallest absolute Gasteiger partial charge is 0.306 e. The molecule has 5 heteroatoms. The van der Waals surface area contributed by atoms with Crippen LogP contribution in [0.4, 0.5) is 0 Å². The van der Waals surface area contributed by atoms with Gasteiger partial charge in [0.25, 0.3) is 0 Å². The molecular formula is C14H23NO4. The van der Waals surface area contributed by atoms with E-state index in [1.165, 1.54) is 0 Å². The van der Waals surface area contributed by atoms with Crippen LogP contribution in [-0.2, 0) is 14.3 Å². The number of likely N-dealkylation sites (tertiary alicyclic amines) is 1. The van der Waals surface area contributed by atoms with Gasteiger partial charge in [-0.15, -0.1) is 0 Å². The van der Waals surface area contributed by atoms with E-state index in [0.717, 1.165) is 25.7 Å². The zero-order valence-electron chi connectivity index (χ0n) is 11.6. The Hall–Kier alpha value is -1.10. The molecule has 2 rings (SSSR count). The van der Waals surface area contributed by atoms with Gasteiger partial charge >= 0.3 is 5.97 Å². The summed E-state index contributed by atoms with van der Waals surface area (Å²) in [6.45, 7) is 1.80. The quantitative estimate of drug-likeness (QED) is 0.821. The second kappa shape index (κ2) is 5.90. The van der Waals surface area contributed by atoms with Gasteiger partial charge in [0.15, 0.2) is 0 Å². The van der Waals surface area contributed by atoms with Gasteiger partial charge in [-0.1, -0.05) is 6.42 Å². The highest BCUT2D eigenvalue weighted by Gasteiger charge is 2.46. The van der Waals surface area contributed by atoms with Gasteiger partial charge in [0, 0.05) is 26.8 Å². The lowest BCUT2D eigenvalue weighted by Crippen LogP contribution is -2.51. The molecule has 0 aromatic heterocycles. The number of amides is 1. The number of ether oxygens (including phenoxy) is 1. The molecule has 0 unspecified atom stereocenters. The highest BCUT2D eigenvalue weighted by molar-refractivity contribution is 5.84. The second-order valence-corrected chi connectivity index (χ2v) is 5.78. The van der Waals surface area contributed by atoms with E-state index in [-0.39, 0.29) is 17.2 Å². The van der Waals surface area contributed by atoms with Crippen molar-refractivity contribution in [2.45, 2.75) is 38.5 Å². The fraction of sp³-hybridized carbons (Fsp3) is 0.857. The van der Waals surface area contributed by atoms with Gasteiger partial charge in [-0.3, -0.25) is 9.59 Å². The van der Waals surface area contributed by atoms with Gasteiger partial charge in [0.1, 0.15) is 0 Å². The summed E-state index contributed by atoms with van der Waals surface area (Å²) in [6.07, 6.45) is 4.98. The molecule has 2 fully saturated rings. The molecule has 0 spiro atoms. The van der Waals surface area contributed by atoms with E-state index in [2.05, 4.69) is 0 Å². The number of carbonyl (C=O) groups is 2. The molecule has 0 radical (unpaired) electrons. The van der Waals surface area contributed by atoms with Crippen LogP contribution in [0, 0.1) is 11.3 Å². The van der Waals surface area contributed by atoms with Crippen molar-refractivity contribution in [1.82, 2.24) is 4.90 Å². The SMILES string of the molecule is COCCC1(C(=O)N2CCC(C(=O)O)CC2)CCC1. The molecule has 1 N–H and O–H groups in total. The van der Waals surface area contributed by atoms with Crippen LogP contribution in [0.25, 0.3) is 0 Å². The molecular weight excluding hydrogens is 246 g/mol. The minimum Gasteiger partial charge on any atom is -0.481 e. The Balaban J connectivity index is 1.91. The summed E-state index contributed by atoms with van der Waals surface area (Å²) < 4.78 is 5.11. The molecule has 1 saturated heterocycles. The molecule has 1 saturated carbocycles. The number of hydrogen-bond donors (Lipinski definition) is 1. The Labute approximate surface area is 113 Å². The minimum atomic E-state index is -0.732. The van der Waals surface area contributed by atoms with Crippen LogP contribution in [-0.4, -0.2) is 48.7 Å². The molecule has 1 amide bonds. The van der Waals surface area contributed by atoms with Gasteiger partial charge in [0.05, 0.1) is 11.3 Å². The summed E-state index contributed by atoms with van der Waals surface area (Å²) in [6, 6.07) is 0. The van der Waals surface area contributed by atoms with Gasteiger partial charge < -0.3 is 14.7 Å². The zero-order valence-corrected chi connectivity index (χ0v) is 11.6. The van der Waals surface area contributed by atoms with Crippen LogP contribution >= 0.6 is 0 Å². The molecule has 108 valence electrons. The van der Waals surface area contributed by atoms with Crippen LogP contribution in [0.5, 0.6) is 0 Å². The Bertz CT molecular complexity index is 343. The van der Waals surface area contributed by atoms with Gasteiger partial charge in [-0.05, 0) is 32.1 Å². The molecule has 0 aromatic carbocycles. The van der Waals surface area contributed by atoms with Crippen LogP contribution in [0.2, 0.25) is 0 Å².